The lowest BCUT2D eigenvalue weighted by Crippen LogP contribution is -2.40. The Morgan fingerprint density at radius 3 is 2.57 bits per heavy atom. The van der Waals surface area contributed by atoms with Gasteiger partial charge in [0.25, 0.3) is 0 Å². The Hall–Kier alpha value is -1.88. The van der Waals surface area contributed by atoms with Crippen LogP contribution >= 0.6 is 0 Å². The summed E-state index contributed by atoms with van der Waals surface area (Å²) in [7, 11) is 0. The fourth-order valence-corrected chi connectivity index (χ4v) is 2.63. The molecule has 0 bridgehead atoms. The van der Waals surface area contributed by atoms with Crippen LogP contribution in [0, 0.1) is 0 Å². The lowest BCUT2D eigenvalue weighted by Gasteiger charge is -2.20. The molecule has 114 valence electrons. The van der Waals surface area contributed by atoms with Crippen LogP contribution in [-0.2, 0) is 9.59 Å². The second-order valence-electron chi connectivity index (χ2n) is 5.79. The van der Waals surface area contributed by atoms with Gasteiger partial charge in [0.15, 0.2) is 0 Å². The fraction of sp³-hybridized carbons (Fsp3) is 0.500. The summed E-state index contributed by atoms with van der Waals surface area (Å²) in [6, 6.07) is 7.23. The molecule has 21 heavy (non-hydrogen) atoms. The van der Waals surface area contributed by atoms with Gasteiger partial charge < -0.3 is 10.4 Å². The number of nitrogens with zero attached hydrogens (tertiary/aromatic N) is 1. The molecule has 0 saturated carbocycles. The number of anilines is 1. The van der Waals surface area contributed by atoms with E-state index in [0.29, 0.717) is 18.9 Å². The van der Waals surface area contributed by atoms with Gasteiger partial charge >= 0.3 is 5.97 Å². The maximum atomic E-state index is 12.0. The van der Waals surface area contributed by atoms with Crippen LogP contribution in [-0.4, -0.2) is 41.0 Å². The maximum Gasteiger partial charge on any atom is 0.320 e. The van der Waals surface area contributed by atoms with E-state index in [9.17, 15) is 9.59 Å². The summed E-state index contributed by atoms with van der Waals surface area (Å²) in [5, 5.41) is 11.9. The fourth-order valence-electron chi connectivity index (χ4n) is 2.63. The maximum absolute atomic E-state index is 12.0. The third-order valence-corrected chi connectivity index (χ3v) is 3.86. The molecule has 5 heteroatoms. The zero-order valence-corrected chi connectivity index (χ0v) is 12.5. The van der Waals surface area contributed by atoms with Crippen molar-refractivity contribution in [1.82, 2.24) is 4.90 Å². The monoisotopic (exact) mass is 290 g/mol. The van der Waals surface area contributed by atoms with Gasteiger partial charge in [-0.1, -0.05) is 26.0 Å². The lowest BCUT2D eigenvalue weighted by atomic mass is 10.0. The number of carboxylic acid groups (broad SMARTS) is 1. The van der Waals surface area contributed by atoms with Gasteiger partial charge in [-0.05, 0) is 43.0 Å². The van der Waals surface area contributed by atoms with Crippen LogP contribution < -0.4 is 5.32 Å². The van der Waals surface area contributed by atoms with Gasteiger partial charge in [-0.3, -0.25) is 14.5 Å². The standard InChI is InChI=1S/C16H22N2O3/c1-11(2)12-5-7-13(8-6-12)17-15(19)10-18-9-3-4-14(18)16(20)21/h5-8,11,14H,3-4,9-10H2,1-2H3,(H,17,19)(H,20,21). The molecule has 1 saturated heterocycles. The normalized spacial score (nSPS) is 18.9. The van der Waals surface area contributed by atoms with E-state index in [1.165, 1.54) is 5.56 Å². The van der Waals surface area contributed by atoms with E-state index >= 15 is 0 Å². The van der Waals surface area contributed by atoms with Crippen LogP contribution in [0.3, 0.4) is 0 Å². The number of likely N-dealkylation sites (tertiary alicyclic amines) is 1. The number of amides is 1. The second-order valence-corrected chi connectivity index (χ2v) is 5.79. The highest BCUT2D eigenvalue weighted by Gasteiger charge is 2.31. The van der Waals surface area contributed by atoms with Gasteiger partial charge in [-0.25, -0.2) is 0 Å². The minimum atomic E-state index is -0.846. The van der Waals surface area contributed by atoms with E-state index < -0.39 is 12.0 Å². The molecule has 2 N–H and O–H groups in total. The molecule has 5 nitrogen and oxygen atoms in total. The number of rotatable bonds is 5. The first kappa shape index (κ1) is 15.5. The summed E-state index contributed by atoms with van der Waals surface area (Å²) >= 11 is 0. The van der Waals surface area contributed by atoms with Crippen LogP contribution in [0.25, 0.3) is 0 Å². The molecular weight excluding hydrogens is 268 g/mol. The molecule has 1 unspecified atom stereocenters. The number of hydrogen-bond donors (Lipinski definition) is 2. The Kier molecular flexibility index (Phi) is 4.96. The molecular formula is C16H22N2O3. The van der Waals surface area contributed by atoms with Crippen LogP contribution in [0.1, 0.15) is 38.2 Å². The van der Waals surface area contributed by atoms with Gasteiger partial charge in [0.2, 0.25) is 5.91 Å². The topological polar surface area (TPSA) is 69.6 Å². The molecule has 0 spiro atoms. The van der Waals surface area contributed by atoms with Gasteiger partial charge in [-0.2, -0.15) is 0 Å². The summed E-state index contributed by atoms with van der Waals surface area (Å²) < 4.78 is 0. The molecule has 0 radical (unpaired) electrons. The highest BCUT2D eigenvalue weighted by Crippen LogP contribution is 2.19. The molecule has 2 rings (SSSR count). The van der Waals surface area contributed by atoms with Crippen molar-refractivity contribution >= 4 is 17.6 Å². The molecule has 1 amide bonds. The first-order valence-corrected chi connectivity index (χ1v) is 7.34. The van der Waals surface area contributed by atoms with E-state index in [2.05, 4.69) is 19.2 Å². The number of carboxylic acids is 1. The molecule has 1 aromatic carbocycles. The Balaban J connectivity index is 1.91. The predicted molar refractivity (Wildman–Crippen MR) is 81.4 cm³/mol. The van der Waals surface area contributed by atoms with E-state index in [4.69, 9.17) is 5.11 Å². The van der Waals surface area contributed by atoms with Crippen molar-refractivity contribution in [3.05, 3.63) is 29.8 Å². The summed E-state index contributed by atoms with van der Waals surface area (Å²) in [5.74, 6) is -0.558. The number of benzene rings is 1. The Labute approximate surface area is 125 Å². The average molecular weight is 290 g/mol. The summed E-state index contributed by atoms with van der Waals surface area (Å²) in [6.45, 7) is 5.03. The van der Waals surface area contributed by atoms with E-state index in [1.807, 2.05) is 24.3 Å². The Morgan fingerprint density at radius 2 is 2.00 bits per heavy atom. The number of carbonyl (C=O) groups excluding carboxylic acids is 1. The zero-order chi connectivity index (χ0) is 15.4. The SMILES string of the molecule is CC(C)c1ccc(NC(=O)CN2CCCC2C(=O)O)cc1. The number of nitrogens with one attached hydrogen (secondary N) is 1. The first-order valence-electron chi connectivity index (χ1n) is 7.34. The van der Waals surface area contributed by atoms with Gasteiger partial charge in [0.1, 0.15) is 6.04 Å². The van der Waals surface area contributed by atoms with Crippen molar-refractivity contribution in [3.8, 4) is 0 Å². The van der Waals surface area contributed by atoms with Crippen molar-refractivity contribution in [2.45, 2.75) is 38.6 Å². The van der Waals surface area contributed by atoms with Crippen LogP contribution in [0.15, 0.2) is 24.3 Å². The lowest BCUT2D eigenvalue weighted by molar-refractivity contribution is -0.142. The number of carbonyl (C=O) groups is 2. The summed E-state index contributed by atoms with van der Waals surface area (Å²) in [5.41, 5.74) is 1.97. The van der Waals surface area contributed by atoms with Gasteiger partial charge in [0.05, 0.1) is 6.54 Å². The van der Waals surface area contributed by atoms with Gasteiger partial charge in [0, 0.05) is 5.69 Å². The molecule has 1 fully saturated rings. The van der Waals surface area contributed by atoms with E-state index in [0.717, 1.165) is 12.1 Å². The van der Waals surface area contributed by atoms with Crippen molar-refractivity contribution in [3.63, 3.8) is 0 Å². The molecule has 0 aromatic heterocycles. The van der Waals surface area contributed by atoms with Crippen LogP contribution in [0.2, 0.25) is 0 Å². The third kappa shape index (κ3) is 4.04. The van der Waals surface area contributed by atoms with Crippen molar-refractivity contribution < 1.29 is 14.7 Å². The third-order valence-electron chi connectivity index (χ3n) is 3.86. The zero-order valence-electron chi connectivity index (χ0n) is 12.5. The average Bonchev–Trinajstić information content (AvgIpc) is 2.87. The molecule has 0 aliphatic carbocycles. The molecule has 1 atom stereocenters. The van der Waals surface area contributed by atoms with Crippen molar-refractivity contribution in [1.29, 1.82) is 0 Å². The molecule has 1 heterocycles. The molecule has 1 aliphatic rings. The second kappa shape index (κ2) is 6.72. The number of hydrogen-bond acceptors (Lipinski definition) is 3. The minimum absolute atomic E-state index is 0.128. The largest absolute Gasteiger partial charge is 0.480 e. The Morgan fingerprint density at radius 1 is 1.33 bits per heavy atom. The van der Waals surface area contributed by atoms with Crippen molar-refractivity contribution in [2.24, 2.45) is 0 Å². The van der Waals surface area contributed by atoms with E-state index in [-0.39, 0.29) is 12.5 Å². The van der Waals surface area contributed by atoms with Crippen LogP contribution in [0.4, 0.5) is 5.69 Å². The summed E-state index contributed by atoms with van der Waals surface area (Å²) in [6.07, 6.45) is 1.44. The van der Waals surface area contributed by atoms with E-state index in [1.54, 1.807) is 4.90 Å². The molecule has 1 aliphatic heterocycles. The first-order chi connectivity index (χ1) is 9.97. The highest BCUT2D eigenvalue weighted by molar-refractivity contribution is 5.92. The summed E-state index contributed by atoms with van der Waals surface area (Å²) in [4.78, 5) is 24.8. The minimum Gasteiger partial charge on any atom is -0.480 e. The molecule has 1 aromatic rings. The van der Waals surface area contributed by atoms with Crippen molar-refractivity contribution in [2.75, 3.05) is 18.4 Å². The van der Waals surface area contributed by atoms with Crippen LogP contribution in [0.5, 0.6) is 0 Å². The predicted octanol–water partition coefficient (Wildman–Crippen LogP) is 2.30. The van der Waals surface area contributed by atoms with Gasteiger partial charge in [-0.15, -0.1) is 0 Å². The number of aliphatic carboxylic acids is 1. The Bertz CT molecular complexity index is 511. The smallest absolute Gasteiger partial charge is 0.320 e. The highest BCUT2D eigenvalue weighted by atomic mass is 16.4. The quantitative estimate of drug-likeness (QED) is 0.873.